The van der Waals surface area contributed by atoms with Crippen molar-refractivity contribution in [1.82, 2.24) is 10.2 Å². The maximum absolute atomic E-state index is 12.5. The summed E-state index contributed by atoms with van der Waals surface area (Å²) in [5.74, 6) is -0.755. The number of amides is 2. The first kappa shape index (κ1) is 16.1. The molecule has 2 N–H and O–H groups in total. The molecule has 0 radical (unpaired) electrons. The van der Waals surface area contributed by atoms with E-state index in [1.165, 1.54) is 6.42 Å². The Morgan fingerprint density at radius 3 is 2.24 bits per heavy atom. The SMILES string of the molecule is CC(C)C1(C(=O)O)CCN(C(=O)NC2(C)CCCCC2)C1. The fourth-order valence-electron chi connectivity index (χ4n) is 3.69. The van der Waals surface area contributed by atoms with Gasteiger partial charge in [0.25, 0.3) is 0 Å². The van der Waals surface area contributed by atoms with Crippen LogP contribution >= 0.6 is 0 Å². The molecule has 1 aliphatic carbocycles. The number of hydrogen-bond acceptors (Lipinski definition) is 2. The first-order valence-electron chi connectivity index (χ1n) is 8.10. The van der Waals surface area contributed by atoms with Crippen molar-refractivity contribution in [3.63, 3.8) is 0 Å². The standard InChI is InChI=1S/C16H28N2O3/c1-12(2)16(13(19)20)9-10-18(11-16)14(21)17-15(3)7-5-4-6-8-15/h12H,4-11H2,1-3H3,(H,17,21)(H,19,20). The molecule has 1 saturated heterocycles. The van der Waals surface area contributed by atoms with Crippen molar-refractivity contribution in [1.29, 1.82) is 0 Å². The van der Waals surface area contributed by atoms with Crippen molar-refractivity contribution >= 4 is 12.0 Å². The normalized spacial score (nSPS) is 28.7. The molecule has 120 valence electrons. The van der Waals surface area contributed by atoms with Gasteiger partial charge >= 0.3 is 12.0 Å². The first-order valence-corrected chi connectivity index (χ1v) is 8.10. The van der Waals surface area contributed by atoms with Crippen LogP contribution in [0.4, 0.5) is 4.79 Å². The minimum absolute atomic E-state index is 0.0260. The van der Waals surface area contributed by atoms with E-state index in [1.807, 2.05) is 13.8 Å². The van der Waals surface area contributed by atoms with Gasteiger partial charge in [-0.2, -0.15) is 0 Å². The number of rotatable bonds is 3. The highest BCUT2D eigenvalue weighted by Crippen LogP contribution is 2.38. The molecule has 2 fully saturated rings. The van der Waals surface area contributed by atoms with Crippen molar-refractivity contribution in [3.05, 3.63) is 0 Å². The van der Waals surface area contributed by atoms with Crippen LogP contribution in [0.3, 0.4) is 0 Å². The lowest BCUT2D eigenvalue weighted by atomic mass is 9.76. The molecule has 21 heavy (non-hydrogen) atoms. The zero-order valence-electron chi connectivity index (χ0n) is 13.4. The van der Waals surface area contributed by atoms with E-state index in [0.29, 0.717) is 19.5 Å². The van der Waals surface area contributed by atoms with Crippen LogP contribution in [0.2, 0.25) is 0 Å². The Hall–Kier alpha value is -1.26. The number of nitrogens with zero attached hydrogens (tertiary/aromatic N) is 1. The summed E-state index contributed by atoms with van der Waals surface area (Å²) in [5.41, 5.74) is -0.910. The smallest absolute Gasteiger partial charge is 0.317 e. The Bertz CT molecular complexity index is 416. The van der Waals surface area contributed by atoms with Crippen LogP contribution in [0, 0.1) is 11.3 Å². The van der Waals surface area contributed by atoms with Gasteiger partial charge in [0.15, 0.2) is 0 Å². The van der Waals surface area contributed by atoms with Crippen molar-refractivity contribution in [2.45, 2.75) is 64.8 Å². The molecule has 1 aliphatic heterocycles. The van der Waals surface area contributed by atoms with Crippen LogP contribution in [0.5, 0.6) is 0 Å². The molecule has 1 atom stereocenters. The Morgan fingerprint density at radius 1 is 1.14 bits per heavy atom. The lowest BCUT2D eigenvalue weighted by Crippen LogP contribution is -2.52. The Balaban J connectivity index is 2.00. The summed E-state index contributed by atoms with van der Waals surface area (Å²) in [6.45, 7) is 6.82. The van der Waals surface area contributed by atoms with Crippen molar-refractivity contribution < 1.29 is 14.7 Å². The van der Waals surface area contributed by atoms with Crippen LogP contribution in [0.15, 0.2) is 0 Å². The number of urea groups is 1. The predicted molar refractivity (Wildman–Crippen MR) is 81.1 cm³/mol. The molecule has 5 heteroatoms. The molecule has 2 amide bonds. The van der Waals surface area contributed by atoms with Gasteiger partial charge in [-0.3, -0.25) is 4.79 Å². The summed E-state index contributed by atoms with van der Waals surface area (Å²) in [6.07, 6.45) is 6.13. The number of carboxylic acids is 1. The largest absolute Gasteiger partial charge is 0.481 e. The molecule has 1 heterocycles. The minimum atomic E-state index is -0.787. The average molecular weight is 296 g/mol. The maximum Gasteiger partial charge on any atom is 0.317 e. The lowest BCUT2D eigenvalue weighted by molar-refractivity contribution is -0.150. The first-order chi connectivity index (χ1) is 9.79. The van der Waals surface area contributed by atoms with Gasteiger partial charge in [-0.15, -0.1) is 0 Å². The van der Waals surface area contributed by atoms with Gasteiger partial charge in [0.1, 0.15) is 0 Å². The van der Waals surface area contributed by atoms with Crippen molar-refractivity contribution in [2.75, 3.05) is 13.1 Å². The third-order valence-electron chi connectivity index (χ3n) is 5.48. The van der Waals surface area contributed by atoms with E-state index in [1.54, 1.807) is 4.90 Å². The summed E-state index contributed by atoms with van der Waals surface area (Å²) >= 11 is 0. The number of carbonyl (C=O) groups excluding carboxylic acids is 1. The topological polar surface area (TPSA) is 69.6 Å². The highest BCUT2D eigenvalue weighted by atomic mass is 16.4. The van der Waals surface area contributed by atoms with Crippen LogP contribution < -0.4 is 5.32 Å². The molecule has 1 unspecified atom stereocenters. The molecule has 0 aromatic heterocycles. The van der Waals surface area contributed by atoms with Crippen LogP contribution in [0.25, 0.3) is 0 Å². The molecule has 0 spiro atoms. The monoisotopic (exact) mass is 296 g/mol. The van der Waals surface area contributed by atoms with Gasteiger partial charge in [0, 0.05) is 18.6 Å². The number of nitrogens with one attached hydrogen (secondary N) is 1. The number of likely N-dealkylation sites (tertiary alicyclic amines) is 1. The Kier molecular flexibility index (Phi) is 4.49. The third-order valence-corrected chi connectivity index (χ3v) is 5.48. The lowest BCUT2D eigenvalue weighted by Gasteiger charge is -2.36. The van der Waals surface area contributed by atoms with E-state index >= 15 is 0 Å². The Morgan fingerprint density at radius 2 is 1.76 bits per heavy atom. The summed E-state index contributed by atoms with van der Waals surface area (Å²) in [4.78, 5) is 25.8. The fraction of sp³-hybridized carbons (Fsp3) is 0.875. The maximum atomic E-state index is 12.5. The van der Waals surface area contributed by atoms with E-state index in [4.69, 9.17) is 0 Å². The molecular weight excluding hydrogens is 268 g/mol. The third kappa shape index (κ3) is 3.16. The molecular formula is C16H28N2O3. The van der Waals surface area contributed by atoms with Gasteiger partial charge < -0.3 is 15.3 Å². The van der Waals surface area contributed by atoms with Gasteiger partial charge in [-0.25, -0.2) is 4.79 Å². The number of hydrogen-bond donors (Lipinski definition) is 2. The van der Waals surface area contributed by atoms with Gasteiger partial charge in [-0.05, 0) is 32.1 Å². The quantitative estimate of drug-likeness (QED) is 0.841. The number of carbonyl (C=O) groups is 2. The second-order valence-corrected chi connectivity index (χ2v) is 7.34. The van der Waals surface area contributed by atoms with E-state index in [2.05, 4.69) is 12.2 Å². The van der Waals surface area contributed by atoms with Crippen LogP contribution in [-0.4, -0.2) is 40.6 Å². The molecule has 2 aliphatic rings. The highest BCUT2D eigenvalue weighted by molar-refractivity contribution is 5.80. The molecule has 0 bridgehead atoms. The highest BCUT2D eigenvalue weighted by Gasteiger charge is 2.49. The summed E-state index contributed by atoms with van der Waals surface area (Å²) < 4.78 is 0. The molecule has 2 rings (SSSR count). The molecule has 1 saturated carbocycles. The average Bonchev–Trinajstić information content (AvgIpc) is 2.85. The van der Waals surface area contributed by atoms with E-state index in [-0.39, 0.29) is 17.5 Å². The van der Waals surface area contributed by atoms with E-state index in [0.717, 1.165) is 25.7 Å². The summed E-state index contributed by atoms with van der Waals surface area (Å²) in [5, 5.41) is 12.7. The molecule has 0 aromatic rings. The van der Waals surface area contributed by atoms with Crippen LogP contribution in [-0.2, 0) is 4.79 Å². The zero-order chi connectivity index (χ0) is 15.7. The van der Waals surface area contributed by atoms with Gasteiger partial charge in [0.2, 0.25) is 0 Å². The van der Waals surface area contributed by atoms with Crippen LogP contribution in [0.1, 0.15) is 59.3 Å². The Labute approximate surface area is 127 Å². The second-order valence-electron chi connectivity index (χ2n) is 7.34. The number of aliphatic carboxylic acids is 1. The van der Waals surface area contributed by atoms with E-state index in [9.17, 15) is 14.7 Å². The number of carboxylic acid groups (broad SMARTS) is 1. The summed E-state index contributed by atoms with van der Waals surface area (Å²) in [7, 11) is 0. The van der Waals surface area contributed by atoms with E-state index < -0.39 is 11.4 Å². The van der Waals surface area contributed by atoms with Gasteiger partial charge in [0.05, 0.1) is 5.41 Å². The molecule has 5 nitrogen and oxygen atoms in total. The fourth-order valence-corrected chi connectivity index (χ4v) is 3.69. The van der Waals surface area contributed by atoms with Crippen molar-refractivity contribution in [3.8, 4) is 0 Å². The van der Waals surface area contributed by atoms with Gasteiger partial charge in [-0.1, -0.05) is 33.1 Å². The predicted octanol–water partition coefficient (Wildman–Crippen LogP) is 2.85. The molecule has 0 aromatic carbocycles. The van der Waals surface area contributed by atoms with Crippen molar-refractivity contribution in [2.24, 2.45) is 11.3 Å². The zero-order valence-corrected chi connectivity index (χ0v) is 13.4. The minimum Gasteiger partial charge on any atom is -0.481 e. The second kappa shape index (κ2) is 5.85. The summed E-state index contributed by atoms with van der Waals surface area (Å²) in [6, 6.07) is -0.0943.